The van der Waals surface area contributed by atoms with E-state index >= 15 is 0 Å². The van der Waals surface area contributed by atoms with Crippen molar-refractivity contribution in [2.45, 2.75) is 6.54 Å². The topological polar surface area (TPSA) is 111 Å². The van der Waals surface area contributed by atoms with Crippen LogP contribution in [-0.4, -0.2) is 39.6 Å². The van der Waals surface area contributed by atoms with Gasteiger partial charge < -0.3 is 24.3 Å². The minimum Gasteiger partial charge on any atom is -0.493 e. The minimum absolute atomic E-state index is 0.0698. The molecule has 3 aromatic rings. The number of aromatic amines is 1. The maximum atomic E-state index is 12.2. The van der Waals surface area contributed by atoms with Crippen LogP contribution in [0.15, 0.2) is 35.6 Å². The predicted molar refractivity (Wildman–Crippen MR) is 86.3 cm³/mol. The Morgan fingerprint density at radius 3 is 2.79 bits per heavy atom. The Hall–Kier alpha value is -3.36. The highest BCUT2D eigenvalue weighted by atomic mass is 16.5. The molecule has 9 nitrogen and oxygen atoms in total. The number of methoxy groups -OCH3 is 2. The lowest BCUT2D eigenvalue weighted by atomic mass is 10.2. The summed E-state index contributed by atoms with van der Waals surface area (Å²) in [7, 11) is 3.05. The first-order valence-electron chi connectivity index (χ1n) is 7.02. The van der Waals surface area contributed by atoms with E-state index < -0.39 is 5.56 Å². The van der Waals surface area contributed by atoms with Crippen LogP contribution in [0.1, 0.15) is 0 Å². The number of fused-ring (bicyclic) bond motifs is 1. The van der Waals surface area contributed by atoms with Crippen molar-refractivity contribution >= 4 is 22.8 Å². The maximum absolute atomic E-state index is 12.2. The quantitative estimate of drug-likeness (QED) is 0.715. The molecule has 24 heavy (non-hydrogen) atoms. The number of benzene rings is 1. The molecule has 124 valence electrons. The van der Waals surface area contributed by atoms with Crippen molar-refractivity contribution in [2.75, 3.05) is 19.5 Å². The number of aromatic nitrogens is 4. The second-order valence-electron chi connectivity index (χ2n) is 4.90. The Kier molecular flexibility index (Phi) is 4.15. The first-order chi connectivity index (χ1) is 11.6. The Bertz CT molecular complexity index is 946. The Labute approximate surface area is 136 Å². The molecule has 2 heterocycles. The third-order valence-electron chi connectivity index (χ3n) is 3.40. The fourth-order valence-electron chi connectivity index (χ4n) is 2.31. The highest BCUT2D eigenvalue weighted by molar-refractivity contribution is 5.91. The Morgan fingerprint density at radius 2 is 2.04 bits per heavy atom. The van der Waals surface area contributed by atoms with Crippen LogP contribution in [0.4, 0.5) is 5.69 Å². The third kappa shape index (κ3) is 2.91. The van der Waals surface area contributed by atoms with Crippen molar-refractivity contribution < 1.29 is 14.3 Å². The van der Waals surface area contributed by atoms with Crippen LogP contribution in [0.5, 0.6) is 11.5 Å². The van der Waals surface area contributed by atoms with E-state index in [0.717, 1.165) is 0 Å². The van der Waals surface area contributed by atoms with Gasteiger partial charge in [0.05, 0.1) is 26.9 Å². The molecule has 0 aliphatic carbocycles. The number of rotatable bonds is 5. The van der Waals surface area contributed by atoms with E-state index in [1.54, 1.807) is 18.2 Å². The molecule has 0 aliphatic heterocycles. The molecular formula is C15H15N5O4. The van der Waals surface area contributed by atoms with Crippen LogP contribution < -0.4 is 20.3 Å². The van der Waals surface area contributed by atoms with Gasteiger partial charge in [-0.1, -0.05) is 0 Å². The van der Waals surface area contributed by atoms with Crippen LogP contribution >= 0.6 is 0 Å². The van der Waals surface area contributed by atoms with Gasteiger partial charge in [0, 0.05) is 11.8 Å². The number of amides is 1. The molecule has 3 rings (SSSR count). The SMILES string of the molecule is COc1ccc(NC(=O)Cn2cnc3[nH]cnc(=O)c32)cc1OC. The predicted octanol–water partition coefficient (Wildman–Crippen LogP) is 0.775. The summed E-state index contributed by atoms with van der Waals surface area (Å²) in [5, 5.41) is 2.73. The molecule has 0 fully saturated rings. The van der Waals surface area contributed by atoms with Gasteiger partial charge in [0.15, 0.2) is 22.7 Å². The molecule has 1 aromatic carbocycles. The van der Waals surface area contributed by atoms with E-state index in [1.807, 2.05) is 0 Å². The first kappa shape index (κ1) is 15.5. The zero-order valence-corrected chi connectivity index (χ0v) is 13.1. The summed E-state index contributed by atoms with van der Waals surface area (Å²) in [5.41, 5.74) is 0.739. The number of hydrogen-bond acceptors (Lipinski definition) is 6. The molecule has 0 unspecified atom stereocenters. The average molecular weight is 329 g/mol. The molecule has 1 amide bonds. The van der Waals surface area contributed by atoms with Gasteiger partial charge in [0.2, 0.25) is 5.91 Å². The number of imidazole rings is 1. The van der Waals surface area contributed by atoms with Crippen molar-refractivity contribution in [1.29, 1.82) is 0 Å². The fraction of sp³-hybridized carbons (Fsp3) is 0.200. The molecule has 0 spiro atoms. The molecule has 2 N–H and O–H groups in total. The van der Waals surface area contributed by atoms with Gasteiger partial charge in [-0.25, -0.2) is 4.98 Å². The number of H-pyrrole nitrogens is 1. The number of nitrogens with zero attached hydrogens (tertiary/aromatic N) is 3. The molecule has 2 aromatic heterocycles. The van der Waals surface area contributed by atoms with Gasteiger partial charge in [-0.3, -0.25) is 9.59 Å². The highest BCUT2D eigenvalue weighted by Crippen LogP contribution is 2.29. The second kappa shape index (κ2) is 6.41. The number of carbonyl (C=O) groups is 1. The molecule has 0 saturated carbocycles. The third-order valence-corrected chi connectivity index (χ3v) is 3.40. The molecule has 0 bridgehead atoms. The van der Waals surface area contributed by atoms with E-state index in [1.165, 1.54) is 31.4 Å². The van der Waals surface area contributed by atoms with Crippen LogP contribution in [0.3, 0.4) is 0 Å². The average Bonchev–Trinajstić information content (AvgIpc) is 2.99. The zero-order valence-electron chi connectivity index (χ0n) is 13.1. The maximum Gasteiger partial charge on any atom is 0.298 e. The minimum atomic E-state index is -0.444. The number of anilines is 1. The lowest BCUT2D eigenvalue weighted by molar-refractivity contribution is -0.116. The van der Waals surface area contributed by atoms with Crippen LogP contribution in [0.25, 0.3) is 11.2 Å². The second-order valence-corrected chi connectivity index (χ2v) is 4.90. The van der Waals surface area contributed by atoms with E-state index in [9.17, 15) is 9.59 Å². The summed E-state index contributed by atoms with van der Waals surface area (Å²) >= 11 is 0. The van der Waals surface area contributed by atoms with Gasteiger partial charge >= 0.3 is 0 Å². The zero-order chi connectivity index (χ0) is 17.1. The lowest BCUT2D eigenvalue weighted by Gasteiger charge is -2.11. The fourth-order valence-corrected chi connectivity index (χ4v) is 2.31. The number of ether oxygens (including phenoxy) is 2. The van der Waals surface area contributed by atoms with Gasteiger partial charge in [-0.05, 0) is 12.1 Å². The van der Waals surface area contributed by atoms with Crippen molar-refractivity contribution in [3.05, 3.63) is 41.2 Å². The number of nitrogens with one attached hydrogen (secondary N) is 2. The first-order valence-corrected chi connectivity index (χ1v) is 7.02. The van der Waals surface area contributed by atoms with E-state index in [0.29, 0.717) is 22.8 Å². The summed E-state index contributed by atoms with van der Waals surface area (Å²) < 4.78 is 11.8. The van der Waals surface area contributed by atoms with E-state index in [2.05, 4.69) is 20.3 Å². The van der Waals surface area contributed by atoms with E-state index in [4.69, 9.17) is 9.47 Å². The summed E-state index contributed by atoms with van der Waals surface area (Å²) in [6.07, 6.45) is 2.68. The molecule has 0 saturated heterocycles. The Morgan fingerprint density at radius 1 is 1.25 bits per heavy atom. The van der Waals surface area contributed by atoms with Crippen molar-refractivity contribution in [3.63, 3.8) is 0 Å². The molecule has 9 heteroatoms. The van der Waals surface area contributed by atoms with Crippen molar-refractivity contribution in [3.8, 4) is 11.5 Å². The van der Waals surface area contributed by atoms with Crippen molar-refractivity contribution in [1.82, 2.24) is 19.5 Å². The summed E-state index contributed by atoms with van der Waals surface area (Å²) in [6.45, 7) is -0.0698. The summed E-state index contributed by atoms with van der Waals surface area (Å²) in [4.78, 5) is 34.5. The normalized spacial score (nSPS) is 10.6. The van der Waals surface area contributed by atoms with Crippen LogP contribution in [0.2, 0.25) is 0 Å². The molecule has 0 aliphatic rings. The van der Waals surface area contributed by atoms with Gasteiger partial charge in [0.1, 0.15) is 6.54 Å². The summed E-state index contributed by atoms with van der Waals surface area (Å²) in [5.74, 6) is 0.752. The standard InChI is InChI=1S/C15H15N5O4/c1-23-10-4-3-9(5-11(10)24-2)19-12(21)6-20-8-18-14-13(20)15(22)17-7-16-14/h3-5,7-8H,6H2,1-2H3,(H,19,21)(H,16,17,22). The van der Waals surface area contributed by atoms with Crippen LogP contribution in [0, 0.1) is 0 Å². The van der Waals surface area contributed by atoms with Gasteiger partial charge in [-0.15, -0.1) is 0 Å². The largest absolute Gasteiger partial charge is 0.493 e. The highest BCUT2D eigenvalue weighted by Gasteiger charge is 2.12. The smallest absolute Gasteiger partial charge is 0.298 e. The van der Waals surface area contributed by atoms with E-state index in [-0.39, 0.29) is 18.0 Å². The van der Waals surface area contributed by atoms with Gasteiger partial charge in [-0.2, -0.15) is 4.98 Å². The number of carbonyl (C=O) groups excluding carboxylic acids is 1. The Balaban J connectivity index is 1.79. The van der Waals surface area contributed by atoms with Crippen LogP contribution in [-0.2, 0) is 11.3 Å². The van der Waals surface area contributed by atoms with Gasteiger partial charge in [0.25, 0.3) is 5.56 Å². The molecule has 0 atom stereocenters. The molecular weight excluding hydrogens is 314 g/mol. The number of hydrogen-bond donors (Lipinski definition) is 2. The lowest BCUT2D eigenvalue weighted by Crippen LogP contribution is -2.20. The molecule has 0 radical (unpaired) electrons. The monoisotopic (exact) mass is 329 g/mol. The van der Waals surface area contributed by atoms with Crippen molar-refractivity contribution in [2.24, 2.45) is 0 Å². The summed E-state index contributed by atoms with van der Waals surface area (Å²) in [6, 6.07) is 5.03.